The van der Waals surface area contributed by atoms with Crippen LogP contribution in [0.1, 0.15) is 23.2 Å². The van der Waals surface area contributed by atoms with Crippen molar-refractivity contribution in [3.63, 3.8) is 0 Å². The van der Waals surface area contributed by atoms with Gasteiger partial charge < -0.3 is 20.1 Å². The largest absolute Gasteiger partial charge is 0.483 e. The van der Waals surface area contributed by atoms with Crippen LogP contribution in [0.5, 0.6) is 5.75 Å². The van der Waals surface area contributed by atoms with E-state index < -0.39 is 5.91 Å². The number of halogens is 2. The summed E-state index contributed by atoms with van der Waals surface area (Å²) in [4.78, 5) is 24.6. The van der Waals surface area contributed by atoms with Gasteiger partial charge in [0.2, 0.25) is 0 Å². The molecule has 1 heterocycles. The van der Waals surface area contributed by atoms with Crippen molar-refractivity contribution in [2.24, 2.45) is 0 Å². The molecule has 1 fully saturated rings. The second-order valence-corrected chi connectivity index (χ2v) is 7.15. The van der Waals surface area contributed by atoms with Crippen molar-refractivity contribution in [3.8, 4) is 5.75 Å². The fraction of sp³-hybridized carbons (Fsp3) is 0.300. The number of amides is 2. The molecule has 1 saturated heterocycles. The van der Waals surface area contributed by atoms with E-state index in [2.05, 4.69) is 10.6 Å². The van der Waals surface area contributed by atoms with Gasteiger partial charge in [-0.05, 0) is 43.2 Å². The van der Waals surface area contributed by atoms with Crippen LogP contribution in [0.4, 0.5) is 5.69 Å². The van der Waals surface area contributed by atoms with Gasteiger partial charge in [0.1, 0.15) is 5.75 Å². The van der Waals surface area contributed by atoms with E-state index in [4.69, 9.17) is 32.7 Å². The van der Waals surface area contributed by atoms with Gasteiger partial charge in [0, 0.05) is 18.2 Å². The van der Waals surface area contributed by atoms with Crippen molar-refractivity contribution in [2.75, 3.05) is 25.1 Å². The van der Waals surface area contributed by atoms with Gasteiger partial charge in [0.05, 0.1) is 22.4 Å². The van der Waals surface area contributed by atoms with Crippen molar-refractivity contribution >= 4 is 40.7 Å². The Morgan fingerprint density at radius 3 is 2.75 bits per heavy atom. The smallest absolute Gasteiger partial charge is 0.262 e. The number of para-hydroxylation sites is 1. The van der Waals surface area contributed by atoms with Crippen LogP contribution in [0.3, 0.4) is 0 Å². The Balaban J connectivity index is 1.56. The van der Waals surface area contributed by atoms with Gasteiger partial charge in [0.15, 0.2) is 6.61 Å². The maximum atomic E-state index is 12.5. The minimum atomic E-state index is -0.404. The third kappa shape index (κ3) is 5.61. The normalized spacial score (nSPS) is 15.9. The number of rotatable bonds is 7. The first-order valence-electron chi connectivity index (χ1n) is 8.89. The van der Waals surface area contributed by atoms with Gasteiger partial charge >= 0.3 is 0 Å². The summed E-state index contributed by atoms with van der Waals surface area (Å²) in [5.41, 5.74) is 0.792. The average molecular weight is 423 g/mol. The molecule has 2 amide bonds. The van der Waals surface area contributed by atoms with Gasteiger partial charge in [-0.25, -0.2) is 0 Å². The molecule has 1 aliphatic rings. The summed E-state index contributed by atoms with van der Waals surface area (Å²) in [6.07, 6.45) is 1.99. The number of ether oxygens (including phenoxy) is 2. The molecule has 0 spiro atoms. The molecule has 2 aromatic carbocycles. The summed E-state index contributed by atoms with van der Waals surface area (Å²) < 4.78 is 11.1. The van der Waals surface area contributed by atoms with E-state index in [1.807, 2.05) is 0 Å². The molecular weight excluding hydrogens is 403 g/mol. The van der Waals surface area contributed by atoms with Crippen LogP contribution in [-0.2, 0) is 9.53 Å². The van der Waals surface area contributed by atoms with Crippen LogP contribution in [0.25, 0.3) is 0 Å². The van der Waals surface area contributed by atoms with E-state index in [1.54, 1.807) is 36.4 Å². The lowest BCUT2D eigenvalue weighted by Gasteiger charge is -2.14. The van der Waals surface area contributed by atoms with Crippen molar-refractivity contribution in [3.05, 3.63) is 58.1 Å². The highest BCUT2D eigenvalue weighted by molar-refractivity contribution is 6.36. The predicted octanol–water partition coefficient (Wildman–Crippen LogP) is 3.92. The molecule has 0 unspecified atom stereocenters. The maximum Gasteiger partial charge on any atom is 0.262 e. The fourth-order valence-corrected chi connectivity index (χ4v) is 3.26. The standard InChI is InChI=1S/C20H20Cl2N2O4/c21-13-7-8-17(16(22)10-13)24-19(25)12-28-18-6-2-1-5-15(18)20(26)23-11-14-4-3-9-27-14/h1-2,5-8,10,14H,3-4,9,11-12H2,(H,23,26)(H,24,25)/t14-/m0/s1. The van der Waals surface area contributed by atoms with Gasteiger partial charge in [-0.2, -0.15) is 0 Å². The average Bonchev–Trinajstić information content (AvgIpc) is 3.20. The predicted molar refractivity (Wildman–Crippen MR) is 108 cm³/mol. The summed E-state index contributed by atoms with van der Waals surface area (Å²) >= 11 is 11.9. The third-order valence-corrected chi connectivity index (χ3v) is 4.76. The molecule has 0 aliphatic carbocycles. The number of carbonyl (C=O) groups excluding carboxylic acids is 2. The molecule has 0 aromatic heterocycles. The quantitative estimate of drug-likeness (QED) is 0.708. The van der Waals surface area contributed by atoms with Crippen molar-refractivity contribution in [1.29, 1.82) is 0 Å². The molecule has 0 bridgehead atoms. The lowest BCUT2D eigenvalue weighted by atomic mass is 10.1. The number of nitrogens with one attached hydrogen (secondary N) is 2. The Bertz CT molecular complexity index is 854. The van der Waals surface area contributed by atoms with E-state index in [0.717, 1.165) is 19.4 Å². The van der Waals surface area contributed by atoms with Crippen molar-refractivity contribution in [2.45, 2.75) is 18.9 Å². The SMILES string of the molecule is O=C(COc1ccccc1C(=O)NC[C@@H]1CCCO1)Nc1ccc(Cl)cc1Cl. The minimum Gasteiger partial charge on any atom is -0.483 e. The first-order chi connectivity index (χ1) is 13.5. The maximum absolute atomic E-state index is 12.5. The Labute approximate surface area is 173 Å². The summed E-state index contributed by atoms with van der Waals surface area (Å²) in [6, 6.07) is 11.5. The first-order valence-corrected chi connectivity index (χ1v) is 9.65. The highest BCUT2D eigenvalue weighted by Crippen LogP contribution is 2.25. The molecule has 6 nitrogen and oxygen atoms in total. The van der Waals surface area contributed by atoms with Crippen LogP contribution in [0.15, 0.2) is 42.5 Å². The molecule has 2 N–H and O–H groups in total. The second kappa shape index (κ2) is 9.78. The zero-order valence-electron chi connectivity index (χ0n) is 15.0. The zero-order valence-corrected chi connectivity index (χ0v) is 16.6. The van der Waals surface area contributed by atoms with E-state index in [-0.39, 0.29) is 18.6 Å². The molecule has 28 heavy (non-hydrogen) atoms. The molecule has 3 rings (SSSR count). The van der Waals surface area contributed by atoms with Crippen LogP contribution in [0, 0.1) is 0 Å². The summed E-state index contributed by atoms with van der Waals surface area (Å²) in [6.45, 7) is 0.907. The Kier molecular flexibility index (Phi) is 7.14. The molecular formula is C20H20Cl2N2O4. The van der Waals surface area contributed by atoms with E-state index in [0.29, 0.717) is 33.6 Å². The van der Waals surface area contributed by atoms with E-state index in [1.165, 1.54) is 6.07 Å². The Hall–Kier alpha value is -2.28. The molecule has 1 atom stereocenters. The van der Waals surface area contributed by atoms with E-state index >= 15 is 0 Å². The van der Waals surface area contributed by atoms with E-state index in [9.17, 15) is 9.59 Å². The van der Waals surface area contributed by atoms with Crippen LogP contribution in [0.2, 0.25) is 10.0 Å². The van der Waals surface area contributed by atoms with Crippen LogP contribution < -0.4 is 15.4 Å². The molecule has 2 aromatic rings. The first kappa shape index (κ1) is 20.5. The van der Waals surface area contributed by atoms with Crippen LogP contribution >= 0.6 is 23.2 Å². The highest BCUT2D eigenvalue weighted by atomic mass is 35.5. The zero-order chi connectivity index (χ0) is 19.9. The fourth-order valence-electron chi connectivity index (χ4n) is 2.81. The monoisotopic (exact) mass is 422 g/mol. The number of benzene rings is 2. The Morgan fingerprint density at radius 1 is 1.18 bits per heavy atom. The molecule has 0 saturated carbocycles. The van der Waals surface area contributed by atoms with Crippen molar-refractivity contribution in [1.82, 2.24) is 5.32 Å². The van der Waals surface area contributed by atoms with Gasteiger partial charge in [0.25, 0.3) is 11.8 Å². The number of carbonyl (C=O) groups is 2. The molecule has 0 radical (unpaired) electrons. The molecule has 1 aliphatic heterocycles. The van der Waals surface area contributed by atoms with Gasteiger partial charge in [-0.15, -0.1) is 0 Å². The van der Waals surface area contributed by atoms with Gasteiger partial charge in [-0.1, -0.05) is 35.3 Å². The van der Waals surface area contributed by atoms with Crippen LogP contribution in [-0.4, -0.2) is 37.7 Å². The summed E-state index contributed by atoms with van der Waals surface area (Å²) in [5.74, 6) is -0.351. The third-order valence-electron chi connectivity index (χ3n) is 4.21. The number of anilines is 1. The lowest BCUT2D eigenvalue weighted by Crippen LogP contribution is -2.32. The summed E-state index contributed by atoms with van der Waals surface area (Å²) in [7, 11) is 0. The number of hydrogen-bond acceptors (Lipinski definition) is 4. The number of hydrogen-bond donors (Lipinski definition) is 2. The summed E-state index contributed by atoms with van der Waals surface area (Å²) in [5, 5.41) is 6.30. The molecule has 8 heteroatoms. The topological polar surface area (TPSA) is 76.7 Å². The highest BCUT2D eigenvalue weighted by Gasteiger charge is 2.18. The minimum absolute atomic E-state index is 0.0481. The Morgan fingerprint density at radius 2 is 2.00 bits per heavy atom. The van der Waals surface area contributed by atoms with Crippen molar-refractivity contribution < 1.29 is 19.1 Å². The van der Waals surface area contributed by atoms with Gasteiger partial charge in [-0.3, -0.25) is 9.59 Å². The lowest BCUT2D eigenvalue weighted by molar-refractivity contribution is -0.118. The molecule has 148 valence electrons. The second-order valence-electron chi connectivity index (χ2n) is 6.30.